The second kappa shape index (κ2) is 11.4. The largest absolute Gasteiger partial charge is 0.508 e. The molecule has 0 aliphatic heterocycles. The van der Waals surface area contributed by atoms with Gasteiger partial charge in [-0.15, -0.1) is 0 Å². The van der Waals surface area contributed by atoms with Gasteiger partial charge in [0, 0.05) is 47.1 Å². The molecule has 1 atom stereocenters. The topological polar surface area (TPSA) is 79.5 Å². The molecule has 3 aromatic rings. The molecule has 0 aliphatic carbocycles. The average Bonchev–Trinajstić information content (AvgIpc) is 3.01. The number of carboxylic acid groups (broad SMARTS) is 1. The molecule has 33 heavy (non-hydrogen) atoms. The number of hydrogen-bond acceptors (Lipinski definition) is 3. The van der Waals surface area contributed by atoms with Crippen molar-refractivity contribution in [3.8, 4) is 5.75 Å². The maximum Gasteiger partial charge on any atom is 0.303 e. The van der Waals surface area contributed by atoms with Crippen LogP contribution in [-0.4, -0.2) is 26.5 Å². The fourth-order valence-electron chi connectivity index (χ4n) is 4.55. The highest BCUT2D eigenvalue weighted by Gasteiger charge is 2.23. The van der Waals surface area contributed by atoms with Gasteiger partial charge in [0.1, 0.15) is 5.75 Å². The maximum atomic E-state index is 13.2. The maximum absolute atomic E-state index is 13.2. The third-order valence-electron chi connectivity index (χ3n) is 6.16. The molecule has 0 radical (unpaired) electrons. The highest BCUT2D eigenvalue weighted by Crippen LogP contribution is 2.31. The number of benzene rings is 2. The molecule has 6 heteroatoms. The number of rotatable bonds is 12. The number of carboxylic acids is 1. The predicted octanol–water partition coefficient (Wildman–Crippen LogP) is 6.57. The van der Waals surface area contributed by atoms with Crippen LogP contribution < -0.4 is 0 Å². The standard InChI is InChI=1S/C27H32ClNO4/c1-18(15-26(32)33)14-25(31)27-22-17-20(28)12-13-23(22)29(2)24(27)11-6-4-3-5-8-19-9-7-10-21(30)16-19/h7,9-10,12-13,16-18,30H,3-6,8,11,14-15H2,1-2H3,(H,32,33). The van der Waals surface area contributed by atoms with Crippen molar-refractivity contribution in [2.45, 2.75) is 58.3 Å². The fourth-order valence-corrected chi connectivity index (χ4v) is 4.72. The molecule has 2 N–H and O–H groups in total. The molecule has 0 aliphatic rings. The first-order valence-electron chi connectivity index (χ1n) is 11.6. The summed E-state index contributed by atoms with van der Waals surface area (Å²) in [6.45, 7) is 1.80. The first-order valence-corrected chi connectivity index (χ1v) is 11.9. The lowest BCUT2D eigenvalue weighted by Gasteiger charge is -2.11. The van der Waals surface area contributed by atoms with Gasteiger partial charge < -0.3 is 14.8 Å². The SMILES string of the molecule is CC(CC(=O)O)CC(=O)c1c(CCCCCCc2cccc(O)c2)n(C)c2ccc(Cl)cc12. The van der Waals surface area contributed by atoms with Gasteiger partial charge in [-0.25, -0.2) is 0 Å². The molecule has 5 nitrogen and oxygen atoms in total. The van der Waals surface area contributed by atoms with E-state index in [-0.39, 0.29) is 24.5 Å². The van der Waals surface area contributed by atoms with Gasteiger partial charge in [-0.1, -0.05) is 43.5 Å². The molecule has 3 rings (SSSR count). The Balaban J connectivity index is 1.68. The van der Waals surface area contributed by atoms with Crippen LogP contribution >= 0.6 is 11.6 Å². The first-order chi connectivity index (χ1) is 15.8. The lowest BCUT2D eigenvalue weighted by Crippen LogP contribution is -2.12. The number of halogens is 1. The summed E-state index contributed by atoms with van der Waals surface area (Å²) in [6, 6.07) is 13.0. The van der Waals surface area contributed by atoms with Crippen molar-refractivity contribution >= 4 is 34.3 Å². The number of phenolic OH excluding ortho intramolecular Hbond substituents is 1. The quantitative estimate of drug-likeness (QED) is 0.232. The molecule has 1 unspecified atom stereocenters. The van der Waals surface area contributed by atoms with Crippen molar-refractivity contribution in [2.75, 3.05) is 0 Å². The summed E-state index contributed by atoms with van der Waals surface area (Å²) in [5, 5.41) is 20.1. The van der Waals surface area contributed by atoms with Crippen LogP contribution in [0.4, 0.5) is 0 Å². The van der Waals surface area contributed by atoms with E-state index in [4.69, 9.17) is 16.7 Å². The van der Waals surface area contributed by atoms with Crippen molar-refractivity contribution in [1.82, 2.24) is 4.57 Å². The van der Waals surface area contributed by atoms with Crippen molar-refractivity contribution < 1.29 is 19.8 Å². The highest BCUT2D eigenvalue weighted by molar-refractivity contribution is 6.31. The van der Waals surface area contributed by atoms with Crippen LogP contribution in [0.15, 0.2) is 42.5 Å². The van der Waals surface area contributed by atoms with Crippen LogP contribution in [0.5, 0.6) is 5.75 Å². The summed E-state index contributed by atoms with van der Waals surface area (Å²) in [5.41, 5.74) is 3.79. The van der Waals surface area contributed by atoms with Crippen molar-refractivity contribution in [2.24, 2.45) is 13.0 Å². The van der Waals surface area contributed by atoms with Gasteiger partial charge in [-0.05, 0) is 67.5 Å². The van der Waals surface area contributed by atoms with Crippen LogP contribution in [0.25, 0.3) is 10.9 Å². The van der Waals surface area contributed by atoms with Crippen molar-refractivity contribution in [3.05, 3.63) is 64.3 Å². The average molecular weight is 470 g/mol. The van der Waals surface area contributed by atoms with Gasteiger partial charge in [0.05, 0.1) is 0 Å². The van der Waals surface area contributed by atoms with E-state index in [0.717, 1.165) is 60.7 Å². The second-order valence-corrected chi connectivity index (χ2v) is 9.39. The summed E-state index contributed by atoms with van der Waals surface area (Å²) >= 11 is 6.24. The Morgan fingerprint density at radius 2 is 1.73 bits per heavy atom. The summed E-state index contributed by atoms with van der Waals surface area (Å²) in [6.07, 6.45) is 6.03. The van der Waals surface area contributed by atoms with E-state index in [1.165, 1.54) is 0 Å². The Bertz CT molecular complexity index is 1130. The molecule has 2 aromatic carbocycles. The Morgan fingerprint density at radius 1 is 1.00 bits per heavy atom. The van der Waals surface area contributed by atoms with Crippen molar-refractivity contribution in [3.63, 3.8) is 0 Å². The molecule has 0 saturated carbocycles. The molecule has 0 fully saturated rings. The minimum atomic E-state index is -0.887. The van der Waals surface area contributed by atoms with E-state index >= 15 is 0 Å². The van der Waals surface area contributed by atoms with E-state index in [2.05, 4.69) is 4.57 Å². The van der Waals surface area contributed by atoms with Crippen LogP contribution in [-0.2, 0) is 24.7 Å². The third kappa shape index (κ3) is 6.61. The zero-order valence-corrected chi connectivity index (χ0v) is 20.1. The monoisotopic (exact) mass is 469 g/mol. The number of ketones is 1. The zero-order chi connectivity index (χ0) is 24.0. The lowest BCUT2D eigenvalue weighted by atomic mass is 9.94. The number of aliphatic carboxylic acids is 1. The molecular weight excluding hydrogens is 438 g/mol. The number of hydrogen-bond donors (Lipinski definition) is 2. The molecule has 0 saturated heterocycles. The molecule has 176 valence electrons. The van der Waals surface area contributed by atoms with Crippen LogP contribution in [0, 0.1) is 5.92 Å². The number of phenols is 1. The zero-order valence-electron chi connectivity index (χ0n) is 19.3. The van der Waals surface area contributed by atoms with E-state index < -0.39 is 5.97 Å². The minimum absolute atomic E-state index is 0.0181. The molecular formula is C27H32ClNO4. The Kier molecular flexibility index (Phi) is 8.56. The van der Waals surface area contributed by atoms with Crippen LogP contribution in [0.1, 0.15) is 67.1 Å². The van der Waals surface area contributed by atoms with Gasteiger partial charge >= 0.3 is 5.97 Å². The Morgan fingerprint density at radius 3 is 2.42 bits per heavy atom. The first kappa shape index (κ1) is 24.8. The number of Topliss-reactive ketones (excluding diaryl/α,β-unsaturated/α-hetero) is 1. The molecule has 0 bridgehead atoms. The third-order valence-corrected chi connectivity index (χ3v) is 6.39. The van der Waals surface area contributed by atoms with E-state index in [1.54, 1.807) is 13.0 Å². The molecule has 0 spiro atoms. The second-order valence-electron chi connectivity index (χ2n) is 8.96. The van der Waals surface area contributed by atoms with E-state index in [0.29, 0.717) is 16.3 Å². The number of unbranched alkanes of at least 4 members (excludes halogenated alkanes) is 3. The van der Waals surface area contributed by atoms with E-state index in [1.807, 2.05) is 43.4 Å². The van der Waals surface area contributed by atoms with Gasteiger partial charge in [0.2, 0.25) is 0 Å². The molecule has 1 heterocycles. The minimum Gasteiger partial charge on any atom is -0.508 e. The normalized spacial score (nSPS) is 12.2. The Labute approximate surface area is 200 Å². The van der Waals surface area contributed by atoms with E-state index in [9.17, 15) is 14.7 Å². The number of aryl methyl sites for hydroxylation is 2. The van der Waals surface area contributed by atoms with Crippen LogP contribution in [0.3, 0.4) is 0 Å². The van der Waals surface area contributed by atoms with Gasteiger partial charge in [-0.3, -0.25) is 9.59 Å². The highest BCUT2D eigenvalue weighted by atomic mass is 35.5. The number of fused-ring (bicyclic) bond motifs is 1. The predicted molar refractivity (Wildman–Crippen MR) is 132 cm³/mol. The summed E-state index contributed by atoms with van der Waals surface area (Å²) < 4.78 is 2.08. The summed E-state index contributed by atoms with van der Waals surface area (Å²) in [7, 11) is 1.98. The summed E-state index contributed by atoms with van der Waals surface area (Å²) in [5.74, 6) is -0.828. The van der Waals surface area contributed by atoms with Crippen LogP contribution in [0.2, 0.25) is 5.02 Å². The smallest absolute Gasteiger partial charge is 0.303 e. The Hall–Kier alpha value is -2.79. The number of carbonyl (C=O) groups excluding carboxylic acids is 1. The van der Waals surface area contributed by atoms with Gasteiger partial charge in [0.15, 0.2) is 5.78 Å². The lowest BCUT2D eigenvalue weighted by molar-refractivity contribution is -0.137. The number of aromatic hydroxyl groups is 1. The van der Waals surface area contributed by atoms with Gasteiger partial charge in [0.25, 0.3) is 0 Å². The molecule has 0 amide bonds. The fraction of sp³-hybridized carbons (Fsp3) is 0.407. The number of carbonyl (C=O) groups is 2. The van der Waals surface area contributed by atoms with Crippen molar-refractivity contribution in [1.29, 1.82) is 0 Å². The number of nitrogens with zero attached hydrogens (tertiary/aromatic N) is 1. The molecule has 1 aromatic heterocycles. The number of aromatic nitrogens is 1. The summed E-state index contributed by atoms with van der Waals surface area (Å²) in [4.78, 5) is 24.3. The van der Waals surface area contributed by atoms with Gasteiger partial charge in [-0.2, -0.15) is 0 Å².